The average Bonchev–Trinajstić information content (AvgIpc) is 2.45. The molecule has 0 saturated heterocycles. The number of rotatable bonds is 6. The van der Waals surface area contributed by atoms with Crippen molar-refractivity contribution in [3.8, 4) is 0 Å². The Morgan fingerprint density at radius 1 is 1.22 bits per heavy atom. The minimum atomic E-state index is -0.592. The number of ether oxygens (including phenoxy) is 2. The molecule has 1 rings (SSSR count). The topological polar surface area (TPSA) is 84.9 Å². The highest BCUT2D eigenvalue weighted by atomic mass is 16.6. The Kier molecular flexibility index (Phi) is 7.03. The summed E-state index contributed by atoms with van der Waals surface area (Å²) in [4.78, 5) is 23.3. The number of aliphatic hydroxyl groups is 1. The van der Waals surface area contributed by atoms with Gasteiger partial charge < -0.3 is 19.9 Å². The van der Waals surface area contributed by atoms with Crippen molar-refractivity contribution in [2.75, 3.05) is 13.2 Å². The van der Waals surface area contributed by atoms with Crippen molar-refractivity contribution < 1.29 is 24.2 Å². The normalized spacial score (nSPS) is 12.4. The first-order valence-corrected chi connectivity index (χ1v) is 7.61. The summed E-state index contributed by atoms with van der Waals surface area (Å²) in [6, 6.07) is 6.40. The van der Waals surface area contributed by atoms with Gasteiger partial charge in [0.2, 0.25) is 0 Å². The van der Waals surface area contributed by atoms with Crippen LogP contribution in [-0.4, -0.2) is 42.0 Å². The molecule has 0 spiro atoms. The quantitative estimate of drug-likeness (QED) is 0.785. The molecule has 0 radical (unpaired) electrons. The van der Waals surface area contributed by atoms with E-state index in [1.54, 1.807) is 52.0 Å². The first-order valence-electron chi connectivity index (χ1n) is 7.61. The number of nitrogens with one attached hydrogen (secondary N) is 1. The van der Waals surface area contributed by atoms with E-state index in [2.05, 4.69) is 5.32 Å². The molecule has 23 heavy (non-hydrogen) atoms. The lowest BCUT2D eigenvalue weighted by molar-refractivity contribution is 0.0481. The van der Waals surface area contributed by atoms with Gasteiger partial charge in [-0.3, -0.25) is 0 Å². The first kappa shape index (κ1) is 19.0. The summed E-state index contributed by atoms with van der Waals surface area (Å²) in [6.45, 7) is 7.18. The number of carbonyl (C=O) groups excluding carboxylic acids is 2. The van der Waals surface area contributed by atoms with Crippen LogP contribution in [0.3, 0.4) is 0 Å². The minimum absolute atomic E-state index is 0.209. The molecule has 0 bridgehead atoms. The number of alkyl carbamates (subject to hydrolysis) is 1. The number of aliphatic hydroxyl groups excluding tert-OH is 1. The summed E-state index contributed by atoms with van der Waals surface area (Å²) in [7, 11) is 0. The van der Waals surface area contributed by atoms with E-state index in [4.69, 9.17) is 9.47 Å². The molecule has 1 amide bonds. The number of hydrogen-bond acceptors (Lipinski definition) is 5. The van der Waals surface area contributed by atoms with E-state index in [1.807, 2.05) is 0 Å². The van der Waals surface area contributed by atoms with Crippen LogP contribution in [0, 0.1) is 0 Å². The van der Waals surface area contributed by atoms with E-state index in [0.717, 1.165) is 5.56 Å². The second-order valence-corrected chi connectivity index (χ2v) is 6.15. The lowest BCUT2D eigenvalue weighted by Crippen LogP contribution is -2.42. The van der Waals surface area contributed by atoms with Crippen molar-refractivity contribution in [3.05, 3.63) is 35.4 Å². The maximum atomic E-state index is 11.7. The van der Waals surface area contributed by atoms with Crippen molar-refractivity contribution in [2.24, 2.45) is 0 Å². The molecule has 6 heteroatoms. The highest BCUT2D eigenvalue weighted by Crippen LogP contribution is 2.10. The number of esters is 1. The fourth-order valence-electron chi connectivity index (χ4n) is 1.91. The Morgan fingerprint density at radius 3 is 2.30 bits per heavy atom. The molecule has 0 aromatic heterocycles. The van der Waals surface area contributed by atoms with Crippen LogP contribution in [0.1, 0.15) is 43.6 Å². The van der Waals surface area contributed by atoms with Gasteiger partial charge in [-0.1, -0.05) is 12.1 Å². The molecule has 0 saturated carbocycles. The summed E-state index contributed by atoms with van der Waals surface area (Å²) in [6.07, 6.45) is -0.140. The van der Waals surface area contributed by atoms with E-state index >= 15 is 0 Å². The van der Waals surface area contributed by atoms with Crippen LogP contribution < -0.4 is 5.32 Å². The van der Waals surface area contributed by atoms with Crippen LogP contribution in [-0.2, 0) is 15.9 Å². The zero-order valence-electron chi connectivity index (χ0n) is 14.1. The van der Waals surface area contributed by atoms with E-state index in [0.29, 0.717) is 18.6 Å². The molecule has 128 valence electrons. The molecule has 1 atom stereocenters. The fraction of sp³-hybridized carbons (Fsp3) is 0.529. The average molecular weight is 323 g/mol. The second-order valence-electron chi connectivity index (χ2n) is 6.15. The summed E-state index contributed by atoms with van der Waals surface area (Å²) in [5, 5.41) is 12.0. The van der Waals surface area contributed by atoms with Gasteiger partial charge in [0, 0.05) is 0 Å². The monoisotopic (exact) mass is 323 g/mol. The lowest BCUT2D eigenvalue weighted by Gasteiger charge is -2.22. The molecule has 1 aromatic carbocycles. The van der Waals surface area contributed by atoms with Crippen LogP contribution in [0.5, 0.6) is 0 Å². The highest BCUT2D eigenvalue weighted by Gasteiger charge is 2.19. The Balaban J connectivity index is 2.62. The molecule has 6 nitrogen and oxygen atoms in total. The van der Waals surface area contributed by atoms with Gasteiger partial charge in [-0.25, -0.2) is 9.59 Å². The van der Waals surface area contributed by atoms with Crippen LogP contribution in [0.2, 0.25) is 0 Å². The van der Waals surface area contributed by atoms with Crippen molar-refractivity contribution in [2.45, 2.75) is 45.8 Å². The van der Waals surface area contributed by atoms with Crippen LogP contribution in [0.25, 0.3) is 0 Å². The third kappa shape index (κ3) is 7.15. The van der Waals surface area contributed by atoms with Crippen molar-refractivity contribution in [1.29, 1.82) is 0 Å². The summed E-state index contributed by atoms with van der Waals surface area (Å²) < 4.78 is 10.1. The Morgan fingerprint density at radius 2 is 1.83 bits per heavy atom. The molecule has 0 aliphatic heterocycles. The molecule has 0 aliphatic rings. The largest absolute Gasteiger partial charge is 0.462 e. The second kappa shape index (κ2) is 8.53. The third-order valence-corrected chi connectivity index (χ3v) is 2.89. The molecule has 0 aliphatic carbocycles. The molecule has 2 N–H and O–H groups in total. The van der Waals surface area contributed by atoms with E-state index in [-0.39, 0.29) is 12.6 Å². The van der Waals surface area contributed by atoms with Gasteiger partial charge in [-0.05, 0) is 51.8 Å². The van der Waals surface area contributed by atoms with Gasteiger partial charge in [0.25, 0.3) is 0 Å². The van der Waals surface area contributed by atoms with Crippen molar-refractivity contribution in [3.63, 3.8) is 0 Å². The predicted octanol–water partition coefficient (Wildman–Crippen LogP) is 2.29. The summed E-state index contributed by atoms with van der Waals surface area (Å²) in [5.74, 6) is -0.371. The number of benzene rings is 1. The van der Waals surface area contributed by atoms with Crippen molar-refractivity contribution in [1.82, 2.24) is 5.32 Å². The van der Waals surface area contributed by atoms with Gasteiger partial charge in [0.05, 0.1) is 24.8 Å². The van der Waals surface area contributed by atoms with Crippen LogP contribution in [0.4, 0.5) is 4.79 Å². The smallest absolute Gasteiger partial charge is 0.407 e. The number of carbonyl (C=O) groups is 2. The molecule has 0 heterocycles. The first-order chi connectivity index (χ1) is 10.7. The fourth-order valence-corrected chi connectivity index (χ4v) is 1.91. The van der Waals surface area contributed by atoms with Gasteiger partial charge in [-0.15, -0.1) is 0 Å². The summed E-state index contributed by atoms with van der Waals surface area (Å²) >= 11 is 0. The Hall–Kier alpha value is -2.08. The Bertz CT molecular complexity index is 519. The van der Waals surface area contributed by atoms with Gasteiger partial charge in [0.15, 0.2) is 0 Å². The predicted molar refractivity (Wildman–Crippen MR) is 86.3 cm³/mol. The Labute approximate surface area is 136 Å². The SMILES string of the molecule is CCOC(=O)c1ccc(CC(CO)NC(=O)OC(C)(C)C)cc1. The van der Waals surface area contributed by atoms with Gasteiger partial charge in [-0.2, -0.15) is 0 Å². The zero-order chi connectivity index (χ0) is 17.5. The number of hydrogen-bond donors (Lipinski definition) is 2. The van der Waals surface area contributed by atoms with Crippen molar-refractivity contribution >= 4 is 12.1 Å². The van der Waals surface area contributed by atoms with Gasteiger partial charge in [0.1, 0.15) is 5.60 Å². The van der Waals surface area contributed by atoms with Crippen LogP contribution in [0.15, 0.2) is 24.3 Å². The lowest BCUT2D eigenvalue weighted by atomic mass is 10.0. The molecule has 1 unspecified atom stereocenters. The molecule has 0 fully saturated rings. The van der Waals surface area contributed by atoms with E-state index < -0.39 is 17.7 Å². The zero-order valence-corrected chi connectivity index (χ0v) is 14.1. The molecular weight excluding hydrogens is 298 g/mol. The standard InChI is InChI=1S/C17H25NO5/c1-5-22-15(20)13-8-6-12(7-9-13)10-14(11-19)18-16(21)23-17(2,3)4/h6-9,14,19H,5,10-11H2,1-4H3,(H,18,21). The maximum Gasteiger partial charge on any atom is 0.407 e. The maximum absolute atomic E-state index is 11.7. The van der Waals surface area contributed by atoms with E-state index in [9.17, 15) is 14.7 Å². The third-order valence-electron chi connectivity index (χ3n) is 2.89. The van der Waals surface area contributed by atoms with Gasteiger partial charge >= 0.3 is 12.1 Å². The molecular formula is C17H25NO5. The number of amides is 1. The summed E-state index contributed by atoms with van der Waals surface area (Å²) in [5.41, 5.74) is 0.759. The highest BCUT2D eigenvalue weighted by molar-refractivity contribution is 5.89. The van der Waals surface area contributed by atoms with Crippen LogP contribution >= 0.6 is 0 Å². The van der Waals surface area contributed by atoms with E-state index in [1.165, 1.54) is 0 Å². The molecule has 1 aromatic rings. The minimum Gasteiger partial charge on any atom is -0.462 e.